The lowest BCUT2D eigenvalue weighted by Crippen LogP contribution is -2.40. The minimum absolute atomic E-state index is 0.127. The number of nitrogens with zero attached hydrogens (tertiary/aromatic N) is 5. The Hall–Kier alpha value is -2.15. The highest BCUT2D eigenvalue weighted by Crippen LogP contribution is 2.30. The van der Waals surface area contributed by atoms with E-state index in [0.29, 0.717) is 0 Å². The first-order valence-corrected chi connectivity index (χ1v) is 8.66. The van der Waals surface area contributed by atoms with Gasteiger partial charge in [-0.15, -0.1) is 11.3 Å². The van der Waals surface area contributed by atoms with Crippen LogP contribution in [-0.2, 0) is 7.05 Å². The molecule has 3 aromatic heterocycles. The maximum Gasteiger partial charge on any atom is 0.264 e. The van der Waals surface area contributed by atoms with Crippen LogP contribution in [0.2, 0.25) is 0 Å². The van der Waals surface area contributed by atoms with Crippen LogP contribution in [-0.4, -0.2) is 43.5 Å². The van der Waals surface area contributed by atoms with Crippen molar-refractivity contribution >= 4 is 27.5 Å². The number of carbonyl (C=O) groups is 1. The zero-order valence-corrected chi connectivity index (χ0v) is 14.1. The van der Waals surface area contributed by atoms with Gasteiger partial charge in [0, 0.05) is 37.9 Å². The molecular formula is C16H19N5OS. The average molecular weight is 329 g/mol. The number of thiophene rings is 1. The number of fused-ring (bicyclic) bond motifs is 1. The molecule has 0 N–H and O–H groups in total. The molecule has 0 bridgehead atoms. The maximum atomic E-state index is 12.9. The summed E-state index contributed by atoms with van der Waals surface area (Å²) in [5.41, 5.74) is 0.978. The molecule has 1 amide bonds. The molecule has 6 nitrogen and oxygen atoms in total. The number of aryl methyl sites for hydroxylation is 2. The van der Waals surface area contributed by atoms with Crippen molar-refractivity contribution in [3.05, 3.63) is 35.1 Å². The lowest BCUT2D eigenvalue weighted by molar-refractivity contribution is 0.0678. The zero-order chi connectivity index (χ0) is 16.0. The van der Waals surface area contributed by atoms with Gasteiger partial charge in [0.25, 0.3) is 5.91 Å². The van der Waals surface area contributed by atoms with E-state index in [9.17, 15) is 4.79 Å². The minimum atomic E-state index is 0.127. The fourth-order valence-electron chi connectivity index (χ4n) is 3.32. The minimum Gasteiger partial charge on any atom is -0.336 e. The first-order valence-electron chi connectivity index (χ1n) is 7.85. The summed E-state index contributed by atoms with van der Waals surface area (Å²) in [6.45, 7) is 3.53. The van der Waals surface area contributed by atoms with Gasteiger partial charge < -0.3 is 4.90 Å². The molecule has 0 spiro atoms. The molecule has 4 heterocycles. The van der Waals surface area contributed by atoms with Crippen LogP contribution < -0.4 is 0 Å². The van der Waals surface area contributed by atoms with Gasteiger partial charge in [-0.2, -0.15) is 10.2 Å². The summed E-state index contributed by atoms with van der Waals surface area (Å²) in [6.07, 6.45) is 5.86. The van der Waals surface area contributed by atoms with Gasteiger partial charge in [-0.05, 0) is 31.9 Å². The molecule has 1 aliphatic heterocycles. The van der Waals surface area contributed by atoms with E-state index in [4.69, 9.17) is 0 Å². The molecule has 4 rings (SSSR count). The third kappa shape index (κ3) is 2.45. The van der Waals surface area contributed by atoms with Gasteiger partial charge in [-0.3, -0.25) is 14.2 Å². The van der Waals surface area contributed by atoms with E-state index in [1.807, 2.05) is 46.6 Å². The van der Waals surface area contributed by atoms with Crippen LogP contribution in [0.4, 0.5) is 0 Å². The van der Waals surface area contributed by atoms with E-state index in [1.54, 1.807) is 6.20 Å². The largest absolute Gasteiger partial charge is 0.336 e. The van der Waals surface area contributed by atoms with Crippen molar-refractivity contribution in [2.24, 2.45) is 7.05 Å². The molecule has 1 saturated heterocycles. The molecule has 0 radical (unpaired) electrons. The highest BCUT2D eigenvalue weighted by Gasteiger charge is 2.27. The average Bonchev–Trinajstić information content (AvgIpc) is 3.27. The van der Waals surface area contributed by atoms with Crippen LogP contribution in [0.25, 0.3) is 10.2 Å². The monoisotopic (exact) mass is 329 g/mol. The number of amides is 1. The summed E-state index contributed by atoms with van der Waals surface area (Å²) >= 11 is 1.53. The Kier molecular flexibility index (Phi) is 3.45. The predicted molar refractivity (Wildman–Crippen MR) is 89.7 cm³/mol. The van der Waals surface area contributed by atoms with Gasteiger partial charge in [-0.25, -0.2) is 0 Å². The summed E-state index contributed by atoms with van der Waals surface area (Å²) in [7, 11) is 1.93. The molecule has 3 aromatic rings. The Balaban J connectivity index is 1.58. The SMILES string of the molecule is Cc1nn(C)c2sc(C(=O)N3CCC[C@H](n4cccn4)C3)cc12. The number of hydrogen-bond donors (Lipinski definition) is 0. The summed E-state index contributed by atoms with van der Waals surface area (Å²) in [5.74, 6) is 0.127. The molecule has 0 unspecified atom stereocenters. The Bertz CT molecular complexity index is 813. The normalized spacial score (nSPS) is 18.7. The van der Waals surface area contributed by atoms with Crippen molar-refractivity contribution in [1.82, 2.24) is 24.5 Å². The Morgan fingerprint density at radius 3 is 3.04 bits per heavy atom. The van der Waals surface area contributed by atoms with E-state index >= 15 is 0 Å². The number of likely N-dealkylation sites (tertiary alicyclic amines) is 1. The third-order valence-electron chi connectivity index (χ3n) is 4.49. The zero-order valence-electron chi connectivity index (χ0n) is 13.3. The first-order chi connectivity index (χ1) is 11.1. The van der Waals surface area contributed by atoms with Crippen molar-refractivity contribution in [1.29, 1.82) is 0 Å². The van der Waals surface area contributed by atoms with Gasteiger partial charge in [0.2, 0.25) is 0 Å². The van der Waals surface area contributed by atoms with Crippen LogP contribution >= 0.6 is 11.3 Å². The van der Waals surface area contributed by atoms with E-state index < -0.39 is 0 Å². The fraction of sp³-hybridized carbons (Fsp3) is 0.438. The topological polar surface area (TPSA) is 56.0 Å². The van der Waals surface area contributed by atoms with Crippen LogP contribution in [0, 0.1) is 6.92 Å². The molecule has 120 valence electrons. The quantitative estimate of drug-likeness (QED) is 0.726. The van der Waals surface area contributed by atoms with E-state index in [0.717, 1.165) is 46.7 Å². The van der Waals surface area contributed by atoms with Crippen molar-refractivity contribution in [2.75, 3.05) is 13.1 Å². The van der Waals surface area contributed by atoms with Gasteiger partial charge in [-0.1, -0.05) is 0 Å². The summed E-state index contributed by atoms with van der Waals surface area (Å²) in [5, 5.41) is 9.81. The maximum absolute atomic E-state index is 12.9. The third-order valence-corrected chi connectivity index (χ3v) is 5.68. The smallest absolute Gasteiger partial charge is 0.264 e. The first kappa shape index (κ1) is 14.4. The fourth-order valence-corrected chi connectivity index (χ4v) is 4.41. The van der Waals surface area contributed by atoms with Gasteiger partial charge in [0.15, 0.2) is 0 Å². The molecule has 1 fully saturated rings. The Morgan fingerprint density at radius 2 is 2.30 bits per heavy atom. The Morgan fingerprint density at radius 1 is 1.43 bits per heavy atom. The number of hydrogen-bond acceptors (Lipinski definition) is 4. The second-order valence-electron chi connectivity index (χ2n) is 6.07. The lowest BCUT2D eigenvalue weighted by atomic mass is 10.1. The van der Waals surface area contributed by atoms with Crippen molar-refractivity contribution < 1.29 is 4.79 Å². The summed E-state index contributed by atoms with van der Waals surface area (Å²) in [6, 6.07) is 4.20. The van der Waals surface area contributed by atoms with Crippen molar-refractivity contribution in [3.8, 4) is 0 Å². The second kappa shape index (κ2) is 5.49. The number of piperidine rings is 1. The second-order valence-corrected chi connectivity index (χ2v) is 7.10. The summed E-state index contributed by atoms with van der Waals surface area (Å²) < 4.78 is 3.83. The molecule has 0 saturated carbocycles. The van der Waals surface area contributed by atoms with Crippen molar-refractivity contribution in [2.45, 2.75) is 25.8 Å². The lowest BCUT2D eigenvalue weighted by Gasteiger charge is -2.32. The van der Waals surface area contributed by atoms with Gasteiger partial charge in [0.1, 0.15) is 4.83 Å². The number of carbonyl (C=O) groups excluding carboxylic acids is 1. The van der Waals surface area contributed by atoms with E-state index in [2.05, 4.69) is 10.2 Å². The standard InChI is InChI=1S/C16H19N5OS/c1-11-13-9-14(23-16(13)19(2)18-11)15(22)20-7-3-5-12(10-20)21-8-4-6-17-21/h4,6,8-9,12H,3,5,7,10H2,1-2H3/t12-/m0/s1. The van der Waals surface area contributed by atoms with Crippen LogP contribution in [0.3, 0.4) is 0 Å². The van der Waals surface area contributed by atoms with Gasteiger partial charge >= 0.3 is 0 Å². The Labute approximate surface area is 138 Å². The summed E-state index contributed by atoms with van der Waals surface area (Å²) in [4.78, 5) is 16.7. The molecule has 1 atom stereocenters. The van der Waals surface area contributed by atoms with Crippen molar-refractivity contribution in [3.63, 3.8) is 0 Å². The number of aromatic nitrogens is 4. The molecule has 23 heavy (non-hydrogen) atoms. The molecular weight excluding hydrogens is 310 g/mol. The predicted octanol–water partition coefficient (Wildman–Crippen LogP) is 2.62. The van der Waals surface area contributed by atoms with Crippen LogP contribution in [0.5, 0.6) is 0 Å². The van der Waals surface area contributed by atoms with E-state index in [-0.39, 0.29) is 11.9 Å². The molecule has 1 aliphatic rings. The molecule has 0 aliphatic carbocycles. The van der Waals surface area contributed by atoms with Crippen LogP contribution in [0.15, 0.2) is 24.5 Å². The highest BCUT2D eigenvalue weighted by atomic mass is 32.1. The van der Waals surface area contributed by atoms with Gasteiger partial charge in [0.05, 0.1) is 16.6 Å². The molecule has 7 heteroatoms. The highest BCUT2D eigenvalue weighted by molar-refractivity contribution is 7.20. The number of rotatable bonds is 2. The molecule has 0 aromatic carbocycles. The van der Waals surface area contributed by atoms with Crippen LogP contribution in [0.1, 0.15) is 34.2 Å². The van der Waals surface area contributed by atoms with E-state index in [1.165, 1.54) is 11.3 Å².